The van der Waals surface area contributed by atoms with Crippen molar-refractivity contribution in [2.24, 2.45) is 5.41 Å². The molecule has 0 saturated heterocycles. The van der Waals surface area contributed by atoms with E-state index in [2.05, 4.69) is 26.1 Å². The molecular formula is C15H24N2S. The van der Waals surface area contributed by atoms with E-state index in [0.717, 1.165) is 5.13 Å². The molecule has 1 N–H and O–H groups in total. The number of thiazole rings is 1. The normalized spacial score (nSPS) is 22.2. The topological polar surface area (TPSA) is 24.9 Å². The number of aromatic nitrogens is 1. The summed E-state index contributed by atoms with van der Waals surface area (Å²) >= 11 is 1.90. The second-order valence-electron chi connectivity index (χ2n) is 7.15. The van der Waals surface area contributed by atoms with Crippen LogP contribution in [0.25, 0.3) is 0 Å². The van der Waals surface area contributed by atoms with Crippen molar-refractivity contribution in [1.82, 2.24) is 4.98 Å². The molecule has 0 aliphatic heterocycles. The van der Waals surface area contributed by atoms with Crippen LogP contribution in [0.5, 0.6) is 0 Å². The molecule has 2 aliphatic carbocycles. The lowest BCUT2D eigenvalue weighted by molar-refractivity contribution is 0.256. The number of rotatable bonds is 1. The van der Waals surface area contributed by atoms with Gasteiger partial charge in [-0.25, -0.2) is 4.98 Å². The van der Waals surface area contributed by atoms with Gasteiger partial charge >= 0.3 is 0 Å². The largest absolute Gasteiger partial charge is 0.357 e. The van der Waals surface area contributed by atoms with Crippen LogP contribution in [0, 0.1) is 5.41 Å². The lowest BCUT2D eigenvalue weighted by atomic mass is 9.74. The molecule has 100 valence electrons. The van der Waals surface area contributed by atoms with Gasteiger partial charge in [0.05, 0.1) is 5.69 Å². The quantitative estimate of drug-likeness (QED) is 0.813. The number of anilines is 1. The molecular weight excluding hydrogens is 240 g/mol. The summed E-state index contributed by atoms with van der Waals surface area (Å²) in [6, 6.07) is 0. The standard InChI is InChI=1S/C15H24N2S/c1-14(2,3)17-13-16-11-6-9-15(7-4-5-8-15)10-12(11)18-13/h4-10H2,1-3H3,(H,16,17). The molecule has 18 heavy (non-hydrogen) atoms. The second-order valence-corrected chi connectivity index (χ2v) is 8.23. The number of nitrogens with one attached hydrogen (secondary N) is 1. The Kier molecular flexibility index (Phi) is 2.92. The highest BCUT2D eigenvalue weighted by molar-refractivity contribution is 7.15. The van der Waals surface area contributed by atoms with Gasteiger partial charge in [0.1, 0.15) is 0 Å². The summed E-state index contributed by atoms with van der Waals surface area (Å²) in [5, 5.41) is 4.65. The zero-order chi connectivity index (χ0) is 12.8. The smallest absolute Gasteiger partial charge is 0.183 e. The molecule has 1 aromatic heterocycles. The molecule has 0 radical (unpaired) electrons. The van der Waals surface area contributed by atoms with Crippen LogP contribution in [0.2, 0.25) is 0 Å². The van der Waals surface area contributed by atoms with Gasteiger partial charge in [-0.05, 0) is 58.3 Å². The maximum absolute atomic E-state index is 4.80. The highest BCUT2D eigenvalue weighted by atomic mass is 32.1. The summed E-state index contributed by atoms with van der Waals surface area (Å²) in [5.74, 6) is 0. The molecule has 1 saturated carbocycles. The van der Waals surface area contributed by atoms with Crippen molar-refractivity contribution in [3.8, 4) is 0 Å². The molecule has 1 aromatic rings. The first-order valence-corrected chi connectivity index (χ1v) is 8.04. The molecule has 0 atom stereocenters. The number of aryl methyl sites for hydroxylation is 1. The third kappa shape index (κ3) is 2.42. The molecule has 0 amide bonds. The second kappa shape index (κ2) is 4.22. The van der Waals surface area contributed by atoms with Crippen LogP contribution in [0.3, 0.4) is 0 Å². The van der Waals surface area contributed by atoms with Crippen molar-refractivity contribution in [2.45, 2.75) is 71.3 Å². The molecule has 1 heterocycles. The van der Waals surface area contributed by atoms with Crippen LogP contribution >= 0.6 is 11.3 Å². The first-order valence-electron chi connectivity index (χ1n) is 7.23. The number of hydrogen-bond donors (Lipinski definition) is 1. The summed E-state index contributed by atoms with van der Waals surface area (Å²) in [4.78, 5) is 6.36. The molecule has 2 aliphatic rings. The monoisotopic (exact) mass is 264 g/mol. The molecule has 0 aromatic carbocycles. The fourth-order valence-electron chi connectivity index (χ4n) is 3.46. The first kappa shape index (κ1) is 12.5. The molecule has 1 fully saturated rings. The minimum Gasteiger partial charge on any atom is -0.357 e. The van der Waals surface area contributed by atoms with Gasteiger partial charge in [-0.2, -0.15) is 0 Å². The van der Waals surface area contributed by atoms with E-state index in [4.69, 9.17) is 4.98 Å². The van der Waals surface area contributed by atoms with Gasteiger partial charge in [0, 0.05) is 10.4 Å². The number of fused-ring (bicyclic) bond motifs is 1. The zero-order valence-corrected chi connectivity index (χ0v) is 12.6. The van der Waals surface area contributed by atoms with Crippen LogP contribution in [0.1, 0.15) is 63.4 Å². The van der Waals surface area contributed by atoms with E-state index in [0.29, 0.717) is 5.41 Å². The van der Waals surface area contributed by atoms with E-state index in [9.17, 15) is 0 Å². The fourth-order valence-corrected chi connectivity index (χ4v) is 4.85. The van der Waals surface area contributed by atoms with Crippen LogP contribution in [0.4, 0.5) is 5.13 Å². The Hall–Kier alpha value is -0.570. The average molecular weight is 264 g/mol. The van der Waals surface area contributed by atoms with Gasteiger partial charge in [0.2, 0.25) is 0 Å². The van der Waals surface area contributed by atoms with Crippen molar-refractivity contribution < 1.29 is 0 Å². The van der Waals surface area contributed by atoms with Crippen molar-refractivity contribution >= 4 is 16.5 Å². The number of hydrogen-bond acceptors (Lipinski definition) is 3. The van der Waals surface area contributed by atoms with E-state index in [1.165, 1.54) is 50.6 Å². The highest BCUT2D eigenvalue weighted by Gasteiger charge is 2.38. The molecule has 0 unspecified atom stereocenters. The maximum atomic E-state index is 4.80. The van der Waals surface area contributed by atoms with Crippen molar-refractivity contribution in [1.29, 1.82) is 0 Å². The highest BCUT2D eigenvalue weighted by Crippen LogP contribution is 2.49. The SMILES string of the molecule is CC(C)(C)Nc1nc2c(s1)CC1(CCCC1)CC2. The Morgan fingerprint density at radius 2 is 1.89 bits per heavy atom. The van der Waals surface area contributed by atoms with Crippen molar-refractivity contribution in [2.75, 3.05) is 5.32 Å². The van der Waals surface area contributed by atoms with Crippen molar-refractivity contribution in [3.05, 3.63) is 10.6 Å². The Bertz CT molecular complexity index is 436. The van der Waals surface area contributed by atoms with E-state index in [1.54, 1.807) is 4.88 Å². The Balaban J connectivity index is 1.79. The van der Waals surface area contributed by atoms with Crippen LogP contribution in [-0.4, -0.2) is 10.5 Å². The summed E-state index contributed by atoms with van der Waals surface area (Å²) in [6.07, 6.45) is 9.67. The van der Waals surface area contributed by atoms with Gasteiger partial charge in [-0.1, -0.05) is 12.8 Å². The van der Waals surface area contributed by atoms with Crippen LogP contribution < -0.4 is 5.32 Å². The Morgan fingerprint density at radius 3 is 2.56 bits per heavy atom. The fraction of sp³-hybridized carbons (Fsp3) is 0.800. The van der Waals surface area contributed by atoms with E-state index in [1.807, 2.05) is 11.3 Å². The Labute approximate surface area is 114 Å². The maximum Gasteiger partial charge on any atom is 0.183 e. The predicted molar refractivity (Wildman–Crippen MR) is 78.4 cm³/mol. The van der Waals surface area contributed by atoms with Gasteiger partial charge < -0.3 is 5.32 Å². The minimum atomic E-state index is 0.117. The van der Waals surface area contributed by atoms with E-state index >= 15 is 0 Å². The first-order chi connectivity index (χ1) is 8.46. The van der Waals surface area contributed by atoms with Gasteiger partial charge in [0.25, 0.3) is 0 Å². The molecule has 0 bridgehead atoms. The van der Waals surface area contributed by atoms with E-state index < -0.39 is 0 Å². The van der Waals surface area contributed by atoms with Crippen LogP contribution in [-0.2, 0) is 12.8 Å². The summed E-state index contributed by atoms with van der Waals surface area (Å²) in [6.45, 7) is 6.60. The zero-order valence-electron chi connectivity index (χ0n) is 11.8. The van der Waals surface area contributed by atoms with Crippen LogP contribution in [0.15, 0.2) is 0 Å². The van der Waals surface area contributed by atoms with Gasteiger partial charge in [-0.15, -0.1) is 11.3 Å². The molecule has 3 rings (SSSR count). The predicted octanol–water partition coefficient (Wildman–Crippen LogP) is 4.40. The third-order valence-electron chi connectivity index (χ3n) is 4.35. The number of nitrogens with zero attached hydrogens (tertiary/aromatic N) is 1. The molecule has 2 nitrogen and oxygen atoms in total. The molecule has 3 heteroatoms. The van der Waals surface area contributed by atoms with Gasteiger partial charge in [-0.3, -0.25) is 0 Å². The summed E-state index contributed by atoms with van der Waals surface area (Å²) in [5.41, 5.74) is 2.15. The van der Waals surface area contributed by atoms with E-state index in [-0.39, 0.29) is 5.54 Å². The van der Waals surface area contributed by atoms with Crippen molar-refractivity contribution in [3.63, 3.8) is 0 Å². The lowest BCUT2D eigenvalue weighted by Crippen LogP contribution is -2.26. The minimum absolute atomic E-state index is 0.117. The summed E-state index contributed by atoms with van der Waals surface area (Å²) < 4.78 is 0. The molecule has 1 spiro atoms. The third-order valence-corrected chi connectivity index (χ3v) is 5.37. The summed E-state index contributed by atoms with van der Waals surface area (Å²) in [7, 11) is 0. The van der Waals surface area contributed by atoms with Gasteiger partial charge in [0.15, 0.2) is 5.13 Å². The lowest BCUT2D eigenvalue weighted by Gasteiger charge is -2.32. The Morgan fingerprint density at radius 1 is 1.17 bits per heavy atom. The average Bonchev–Trinajstić information content (AvgIpc) is 2.83.